The summed E-state index contributed by atoms with van der Waals surface area (Å²) in [6.07, 6.45) is 0. The predicted molar refractivity (Wildman–Crippen MR) is 36.6 cm³/mol. The normalized spacial score (nSPS) is 11.6. The van der Waals surface area contributed by atoms with Crippen LogP contribution in [0, 0.1) is 0 Å². The van der Waals surface area contributed by atoms with Crippen molar-refractivity contribution in [2.45, 2.75) is 6.92 Å². The zero-order valence-electron chi connectivity index (χ0n) is 3.74. The van der Waals surface area contributed by atoms with Crippen LogP contribution in [0.4, 0.5) is 0 Å². The zero-order chi connectivity index (χ0) is 5.86. The molecule has 3 heteroatoms. The average molecular weight is 228 g/mol. The third-order valence-corrected chi connectivity index (χ3v) is 2.29. The molecule has 0 saturated heterocycles. The molecule has 0 unspecified atom stereocenters. The molecule has 0 fully saturated rings. The lowest BCUT2D eigenvalue weighted by Crippen LogP contribution is -1.84. The lowest BCUT2D eigenvalue weighted by molar-refractivity contribution is -0.112. The van der Waals surface area contributed by atoms with Crippen LogP contribution in [-0.4, -0.2) is 5.78 Å². The Morgan fingerprint density at radius 1 is 1.71 bits per heavy atom. The van der Waals surface area contributed by atoms with Crippen molar-refractivity contribution < 1.29 is 4.79 Å². The van der Waals surface area contributed by atoms with Crippen LogP contribution in [0.25, 0.3) is 0 Å². The standard InChI is InChI=1S/C4H4Br2O/c1-3(7)4(6)2-5/h2H,1H3. The number of Topliss-reactive ketones (excluding diaryl/α,β-unsaturated/α-hetero) is 1. The van der Waals surface area contributed by atoms with Crippen molar-refractivity contribution in [2.24, 2.45) is 0 Å². The molecule has 0 amide bonds. The minimum atomic E-state index is 0.0249. The van der Waals surface area contributed by atoms with E-state index in [4.69, 9.17) is 0 Å². The van der Waals surface area contributed by atoms with Gasteiger partial charge in [-0.15, -0.1) is 0 Å². The molecule has 1 nitrogen and oxygen atoms in total. The van der Waals surface area contributed by atoms with Crippen molar-refractivity contribution in [1.29, 1.82) is 0 Å². The van der Waals surface area contributed by atoms with Gasteiger partial charge in [-0.2, -0.15) is 0 Å². The van der Waals surface area contributed by atoms with E-state index in [0.717, 1.165) is 0 Å². The monoisotopic (exact) mass is 226 g/mol. The topological polar surface area (TPSA) is 17.1 Å². The van der Waals surface area contributed by atoms with Crippen molar-refractivity contribution in [3.05, 3.63) is 9.47 Å². The van der Waals surface area contributed by atoms with Gasteiger partial charge in [0, 0.05) is 0 Å². The van der Waals surface area contributed by atoms with E-state index in [1.54, 1.807) is 0 Å². The Bertz CT molecular complexity index is 106. The van der Waals surface area contributed by atoms with Gasteiger partial charge in [0.1, 0.15) is 0 Å². The summed E-state index contributed by atoms with van der Waals surface area (Å²) < 4.78 is 0.563. The Labute approximate surface area is 59.0 Å². The first-order chi connectivity index (χ1) is 3.18. The molecule has 0 bridgehead atoms. The molecule has 40 valence electrons. The molecular weight excluding hydrogens is 224 g/mol. The van der Waals surface area contributed by atoms with E-state index in [9.17, 15) is 4.79 Å². The summed E-state index contributed by atoms with van der Waals surface area (Å²) in [5.74, 6) is 0.0249. The second-order valence-electron chi connectivity index (χ2n) is 1.01. The number of hydrogen-bond acceptors (Lipinski definition) is 1. The Hall–Kier alpha value is 0.370. The lowest BCUT2D eigenvalue weighted by atomic mass is 10.5. The van der Waals surface area contributed by atoms with Crippen LogP contribution in [0.5, 0.6) is 0 Å². The molecule has 0 atom stereocenters. The van der Waals surface area contributed by atoms with E-state index in [1.807, 2.05) is 0 Å². The Kier molecular flexibility index (Phi) is 3.56. The minimum absolute atomic E-state index is 0.0249. The molecule has 0 aromatic heterocycles. The molecule has 0 heterocycles. The third kappa shape index (κ3) is 3.00. The number of allylic oxidation sites excluding steroid dienone is 1. The lowest BCUT2D eigenvalue weighted by Gasteiger charge is -1.81. The second-order valence-corrected chi connectivity index (χ2v) is 2.33. The molecule has 0 aliphatic rings. The highest BCUT2D eigenvalue weighted by molar-refractivity contribution is 9.14. The fraction of sp³-hybridized carbons (Fsp3) is 0.250. The van der Waals surface area contributed by atoms with E-state index in [2.05, 4.69) is 31.9 Å². The molecule has 0 saturated carbocycles. The van der Waals surface area contributed by atoms with Gasteiger partial charge in [0.15, 0.2) is 5.78 Å². The minimum Gasteiger partial charge on any atom is -0.294 e. The fourth-order valence-electron chi connectivity index (χ4n) is 0.0768. The van der Waals surface area contributed by atoms with Gasteiger partial charge in [-0.3, -0.25) is 4.79 Å². The van der Waals surface area contributed by atoms with E-state index in [0.29, 0.717) is 4.48 Å². The molecule has 0 aliphatic carbocycles. The number of carbonyl (C=O) groups is 1. The smallest absolute Gasteiger partial charge is 0.167 e. The van der Waals surface area contributed by atoms with Gasteiger partial charge in [0.25, 0.3) is 0 Å². The van der Waals surface area contributed by atoms with Gasteiger partial charge in [-0.1, -0.05) is 15.9 Å². The maximum Gasteiger partial charge on any atom is 0.167 e. The Morgan fingerprint density at radius 2 is 2.14 bits per heavy atom. The number of carbonyl (C=O) groups excluding carboxylic acids is 1. The van der Waals surface area contributed by atoms with E-state index in [1.165, 1.54) is 11.9 Å². The van der Waals surface area contributed by atoms with Crippen molar-refractivity contribution in [3.63, 3.8) is 0 Å². The van der Waals surface area contributed by atoms with Crippen LogP contribution in [0.15, 0.2) is 9.47 Å². The fourth-order valence-corrected chi connectivity index (χ4v) is 0.399. The van der Waals surface area contributed by atoms with E-state index in [-0.39, 0.29) is 5.78 Å². The van der Waals surface area contributed by atoms with Gasteiger partial charge in [0.2, 0.25) is 0 Å². The number of hydrogen-bond donors (Lipinski definition) is 0. The van der Waals surface area contributed by atoms with Gasteiger partial charge in [-0.25, -0.2) is 0 Å². The number of rotatable bonds is 1. The Balaban J connectivity index is 3.82. The van der Waals surface area contributed by atoms with Crippen LogP contribution in [0.3, 0.4) is 0 Å². The van der Waals surface area contributed by atoms with Crippen LogP contribution < -0.4 is 0 Å². The van der Waals surface area contributed by atoms with E-state index >= 15 is 0 Å². The molecule has 0 spiro atoms. The Morgan fingerprint density at radius 3 is 2.14 bits per heavy atom. The van der Waals surface area contributed by atoms with Gasteiger partial charge in [-0.05, 0) is 27.8 Å². The predicted octanol–water partition coefficient (Wildman–Crippen LogP) is 2.21. The highest BCUT2D eigenvalue weighted by Crippen LogP contribution is 2.07. The second kappa shape index (κ2) is 3.38. The molecule has 0 radical (unpaired) electrons. The summed E-state index contributed by atoms with van der Waals surface area (Å²) in [6, 6.07) is 0. The largest absolute Gasteiger partial charge is 0.294 e. The van der Waals surface area contributed by atoms with Crippen LogP contribution in [0.1, 0.15) is 6.92 Å². The van der Waals surface area contributed by atoms with Crippen LogP contribution >= 0.6 is 31.9 Å². The van der Waals surface area contributed by atoms with Gasteiger partial charge < -0.3 is 0 Å². The average Bonchev–Trinajstić information content (AvgIpc) is 1.65. The molecule has 7 heavy (non-hydrogen) atoms. The van der Waals surface area contributed by atoms with Gasteiger partial charge >= 0.3 is 0 Å². The molecular formula is C4H4Br2O. The summed E-state index contributed by atoms with van der Waals surface area (Å²) in [6.45, 7) is 1.49. The van der Waals surface area contributed by atoms with Crippen molar-refractivity contribution in [1.82, 2.24) is 0 Å². The SMILES string of the molecule is CC(=O)C(Br)=CBr. The highest BCUT2D eigenvalue weighted by Gasteiger charge is 1.92. The van der Waals surface area contributed by atoms with Crippen molar-refractivity contribution >= 4 is 37.6 Å². The quantitative estimate of drug-likeness (QED) is 0.628. The summed E-state index contributed by atoms with van der Waals surface area (Å²) in [7, 11) is 0. The first kappa shape index (κ1) is 7.37. The molecule has 0 N–H and O–H groups in total. The van der Waals surface area contributed by atoms with Crippen molar-refractivity contribution in [2.75, 3.05) is 0 Å². The molecule has 0 aliphatic heterocycles. The molecule has 0 aromatic carbocycles. The summed E-state index contributed by atoms with van der Waals surface area (Å²) in [4.78, 5) is 11.8. The highest BCUT2D eigenvalue weighted by atomic mass is 79.9. The van der Waals surface area contributed by atoms with Crippen LogP contribution in [-0.2, 0) is 4.79 Å². The molecule has 0 rings (SSSR count). The summed E-state index contributed by atoms with van der Waals surface area (Å²) in [5, 5.41) is 0. The zero-order valence-corrected chi connectivity index (χ0v) is 6.91. The summed E-state index contributed by atoms with van der Waals surface area (Å²) >= 11 is 5.99. The van der Waals surface area contributed by atoms with E-state index < -0.39 is 0 Å². The maximum absolute atomic E-state index is 10.2. The number of halogens is 2. The van der Waals surface area contributed by atoms with Gasteiger partial charge in [0.05, 0.1) is 4.48 Å². The third-order valence-electron chi connectivity index (χ3n) is 0.432. The first-order valence-electron chi connectivity index (χ1n) is 1.65. The number of ketones is 1. The maximum atomic E-state index is 10.2. The first-order valence-corrected chi connectivity index (χ1v) is 3.36. The van der Waals surface area contributed by atoms with Crippen molar-refractivity contribution in [3.8, 4) is 0 Å². The van der Waals surface area contributed by atoms with Crippen LogP contribution in [0.2, 0.25) is 0 Å². The summed E-state index contributed by atoms with van der Waals surface area (Å²) in [5.41, 5.74) is 0. The molecule has 0 aromatic rings.